The quantitative estimate of drug-likeness (QED) is 0.644. The molecule has 1 aliphatic rings. The zero-order valence-electron chi connectivity index (χ0n) is 8.02. The summed E-state index contributed by atoms with van der Waals surface area (Å²) < 4.78 is 14.0. The topological polar surface area (TPSA) is 12.0 Å². The van der Waals surface area contributed by atoms with Gasteiger partial charge in [0.1, 0.15) is 5.67 Å². The molecule has 0 radical (unpaired) electrons. The van der Waals surface area contributed by atoms with E-state index in [4.69, 9.17) is 0 Å². The third-order valence-electron chi connectivity index (χ3n) is 2.73. The molecule has 0 aliphatic carbocycles. The van der Waals surface area contributed by atoms with Crippen molar-refractivity contribution in [1.29, 1.82) is 0 Å². The van der Waals surface area contributed by atoms with E-state index in [1.165, 1.54) is 5.56 Å². The van der Waals surface area contributed by atoms with E-state index in [1.807, 2.05) is 25.1 Å². The standard InChI is InChI=1S/C11H14FN/c1-8-4-3-5-10-9(8)6-13-7-11(10,2)12/h3-5,13H,6-7H2,1-2H3. The predicted octanol–water partition coefficient (Wildman–Crippen LogP) is 2.28. The molecule has 13 heavy (non-hydrogen) atoms. The summed E-state index contributed by atoms with van der Waals surface area (Å²) in [6, 6.07) is 5.85. The summed E-state index contributed by atoms with van der Waals surface area (Å²) in [5, 5.41) is 3.10. The number of nitrogens with one attached hydrogen (secondary N) is 1. The van der Waals surface area contributed by atoms with Crippen LogP contribution in [0.3, 0.4) is 0 Å². The van der Waals surface area contributed by atoms with Crippen molar-refractivity contribution in [1.82, 2.24) is 5.32 Å². The van der Waals surface area contributed by atoms with Crippen LogP contribution in [0.5, 0.6) is 0 Å². The van der Waals surface area contributed by atoms with Crippen LogP contribution in [0.4, 0.5) is 4.39 Å². The first-order valence-corrected chi connectivity index (χ1v) is 4.60. The molecule has 1 aliphatic heterocycles. The van der Waals surface area contributed by atoms with Gasteiger partial charge in [0.15, 0.2) is 0 Å². The van der Waals surface area contributed by atoms with Gasteiger partial charge >= 0.3 is 0 Å². The molecule has 0 spiro atoms. The van der Waals surface area contributed by atoms with Gasteiger partial charge in [0.25, 0.3) is 0 Å². The molecule has 1 nitrogen and oxygen atoms in total. The molecule has 0 amide bonds. The molecular weight excluding hydrogens is 165 g/mol. The van der Waals surface area contributed by atoms with Crippen molar-refractivity contribution >= 4 is 0 Å². The maximum Gasteiger partial charge on any atom is 0.145 e. The van der Waals surface area contributed by atoms with Crippen molar-refractivity contribution in [3.05, 3.63) is 34.9 Å². The molecule has 0 bridgehead atoms. The lowest BCUT2D eigenvalue weighted by Crippen LogP contribution is -2.38. The highest BCUT2D eigenvalue weighted by molar-refractivity contribution is 5.39. The molecule has 0 saturated heterocycles. The normalized spacial score (nSPS) is 27.0. The summed E-state index contributed by atoms with van der Waals surface area (Å²) in [5.74, 6) is 0. The summed E-state index contributed by atoms with van der Waals surface area (Å²) in [5.41, 5.74) is 1.94. The van der Waals surface area contributed by atoms with Gasteiger partial charge < -0.3 is 5.32 Å². The van der Waals surface area contributed by atoms with Crippen LogP contribution in [0.2, 0.25) is 0 Å². The predicted molar refractivity (Wildman–Crippen MR) is 51.3 cm³/mol. The number of alkyl halides is 1. The molecule has 1 atom stereocenters. The Morgan fingerprint density at radius 2 is 2.23 bits per heavy atom. The average Bonchev–Trinajstić information content (AvgIpc) is 2.06. The molecule has 0 saturated carbocycles. The van der Waals surface area contributed by atoms with E-state index in [0.29, 0.717) is 6.54 Å². The highest BCUT2D eigenvalue weighted by Crippen LogP contribution is 2.32. The van der Waals surface area contributed by atoms with Crippen LogP contribution >= 0.6 is 0 Å². The van der Waals surface area contributed by atoms with E-state index >= 15 is 0 Å². The number of hydrogen-bond acceptors (Lipinski definition) is 1. The van der Waals surface area contributed by atoms with Gasteiger partial charge in [0.2, 0.25) is 0 Å². The molecule has 1 aromatic carbocycles. The van der Waals surface area contributed by atoms with Crippen LogP contribution in [0.15, 0.2) is 18.2 Å². The lowest BCUT2D eigenvalue weighted by molar-refractivity contribution is 0.173. The Hall–Kier alpha value is -0.890. The highest BCUT2D eigenvalue weighted by atomic mass is 19.1. The van der Waals surface area contributed by atoms with E-state index in [2.05, 4.69) is 5.32 Å². The number of halogens is 1. The Labute approximate surface area is 78.0 Å². The average molecular weight is 179 g/mol. The van der Waals surface area contributed by atoms with Crippen molar-refractivity contribution in [2.45, 2.75) is 26.1 Å². The monoisotopic (exact) mass is 179 g/mol. The molecule has 1 unspecified atom stereocenters. The van der Waals surface area contributed by atoms with Crippen LogP contribution in [-0.4, -0.2) is 6.54 Å². The summed E-state index contributed by atoms with van der Waals surface area (Å²) in [6.45, 7) is 4.88. The Balaban J connectivity index is 2.58. The fourth-order valence-corrected chi connectivity index (χ4v) is 1.94. The fraction of sp³-hybridized carbons (Fsp3) is 0.455. The van der Waals surface area contributed by atoms with Gasteiger partial charge in [-0.3, -0.25) is 0 Å². The highest BCUT2D eigenvalue weighted by Gasteiger charge is 2.31. The molecule has 1 aromatic rings. The molecule has 2 heteroatoms. The first-order valence-electron chi connectivity index (χ1n) is 4.60. The Bertz CT molecular complexity index is 331. The van der Waals surface area contributed by atoms with Gasteiger partial charge in [-0.05, 0) is 30.5 Å². The lowest BCUT2D eigenvalue weighted by Gasteiger charge is -2.30. The molecular formula is C11H14FN. The van der Waals surface area contributed by atoms with Crippen LogP contribution < -0.4 is 5.32 Å². The minimum absolute atomic E-state index is 0.420. The maximum absolute atomic E-state index is 14.0. The molecule has 2 rings (SSSR count). The third-order valence-corrected chi connectivity index (χ3v) is 2.73. The van der Waals surface area contributed by atoms with E-state index in [-0.39, 0.29) is 0 Å². The molecule has 1 heterocycles. The zero-order valence-corrected chi connectivity index (χ0v) is 8.02. The second-order valence-corrected chi connectivity index (χ2v) is 3.90. The van der Waals surface area contributed by atoms with Crippen molar-refractivity contribution in [2.24, 2.45) is 0 Å². The Morgan fingerprint density at radius 1 is 1.46 bits per heavy atom. The maximum atomic E-state index is 14.0. The van der Waals surface area contributed by atoms with E-state index in [9.17, 15) is 4.39 Å². The molecule has 1 N–H and O–H groups in total. The Morgan fingerprint density at radius 3 is 2.92 bits per heavy atom. The van der Waals surface area contributed by atoms with E-state index < -0.39 is 5.67 Å². The minimum Gasteiger partial charge on any atom is -0.309 e. The zero-order chi connectivity index (χ0) is 9.47. The van der Waals surface area contributed by atoms with Gasteiger partial charge in [-0.25, -0.2) is 4.39 Å². The fourth-order valence-electron chi connectivity index (χ4n) is 1.94. The van der Waals surface area contributed by atoms with Gasteiger partial charge in [0.05, 0.1) is 0 Å². The second-order valence-electron chi connectivity index (χ2n) is 3.90. The smallest absolute Gasteiger partial charge is 0.145 e. The van der Waals surface area contributed by atoms with Crippen LogP contribution in [-0.2, 0) is 12.2 Å². The van der Waals surface area contributed by atoms with E-state index in [1.54, 1.807) is 6.92 Å². The number of aryl methyl sites for hydroxylation is 1. The molecule has 0 fully saturated rings. The Kier molecular flexibility index (Phi) is 1.88. The third kappa shape index (κ3) is 1.35. The summed E-state index contributed by atoms with van der Waals surface area (Å²) in [4.78, 5) is 0. The first kappa shape index (κ1) is 8.70. The second kappa shape index (κ2) is 2.81. The number of benzene rings is 1. The summed E-state index contributed by atoms with van der Waals surface area (Å²) in [6.07, 6.45) is 0. The van der Waals surface area contributed by atoms with Gasteiger partial charge in [-0.2, -0.15) is 0 Å². The SMILES string of the molecule is Cc1cccc2c1CNCC2(C)F. The van der Waals surface area contributed by atoms with Crippen LogP contribution in [0.25, 0.3) is 0 Å². The van der Waals surface area contributed by atoms with Crippen molar-refractivity contribution < 1.29 is 4.39 Å². The van der Waals surface area contributed by atoms with Crippen molar-refractivity contribution in [2.75, 3.05) is 6.54 Å². The van der Waals surface area contributed by atoms with Gasteiger partial charge in [-0.1, -0.05) is 18.2 Å². The number of fused-ring (bicyclic) bond motifs is 1. The largest absolute Gasteiger partial charge is 0.309 e. The summed E-state index contributed by atoms with van der Waals surface area (Å²) >= 11 is 0. The molecule has 70 valence electrons. The van der Waals surface area contributed by atoms with Crippen molar-refractivity contribution in [3.8, 4) is 0 Å². The lowest BCUT2D eigenvalue weighted by atomic mass is 9.87. The van der Waals surface area contributed by atoms with Gasteiger partial charge in [-0.15, -0.1) is 0 Å². The van der Waals surface area contributed by atoms with Gasteiger partial charge in [0, 0.05) is 13.1 Å². The number of hydrogen-bond donors (Lipinski definition) is 1. The number of rotatable bonds is 0. The first-order chi connectivity index (χ1) is 6.11. The van der Waals surface area contributed by atoms with Crippen LogP contribution in [0.1, 0.15) is 23.6 Å². The van der Waals surface area contributed by atoms with E-state index in [0.717, 1.165) is 17.7 Å². The summed E-state index contributed by atoms with van der Waals surface area (Å²) in [7, 11) is 0. The molecule has 0 aromatic heterocycles. The van der Waals surface area contributed by atoms with Crippen molar-refractivity contribution in [3.63, 3.8) is 0 Å². The van der Waals surface area contributed by atoms with Crippen LogP contribution in [0, 0.1) is 6.92 Å². The minimum atomic E-state index is -1.21.